The Labute approximate surface area is 213 Å². The number of hydrogen-bond donors (Lipinski definition) is 4. The zero-order valence-corrected chi connectivity index (χ0v) is 20.1. The Morgan fingerprint density at radius 3 is 2.22 bits per heavy atom. The van der Waals surface area contributed by atoms with Gasteiger partial charge in [0.25, 0.3) is 5.91 Å². The molecule has 0 spiro atoms. The van der Waals surface area contributed by atoms with Crippen molar-refractivity contribution >= 4 is 38.5 Å². The summed E-state index contributed by atoms with van der Waals surface area (Å²) in [7, 11) is -4.22. The van der Waals surface area contributed by atoms with Crippen LogP contribution >= 0.6 is 0 Å². The second kappa shape index (κ2) is 10.9. The summed E-state index contributed by atoms with van der Waals surface area (Å²) in [4.78, 5) is 29.3. The second-order valence-corrected chi connectivity index (χ2v) is 9.67. The Hall–Kier alpha value is -4.72. The summed E-state index contributed by atoms with van der Waals surface area (Å²) < 4.78 is 28.4. The number of anilines is 1. The second-order valence-electron chi connectivity index (χ2n) is 7.95. The smallest absolute Gasteiger partial charge is 0.322 e. The standard InChI is InChI=1S/C27H22N4O5S/c28-24-17-19-11-7-8-14-21(19)23(29-24)16-15-22(27(33)34)25(30-26(32)18-9-3-1-4-10-18)31-37(35,36)20-12-5-2-6-13-20/h1-14,17,22,25,31H,(H2,28,29)(H,30,32)(H,33,34)/t22?,25-/m0/s1. The van der Waals surface area contributed by atoms with Gasteiger partial charge in [-0.2, -0.15) is 4.72 Å². The molecule has 0 aliphatic carbocycles. The van der Waals surface area contributed by atoms with Gasteiger partial charge in [-0.05, 0) is 41.6 Å². The van der Waals surface area contributed by atoms with Gasteiger partial charge >= 0.3 is 5.97 Å². The summed E-state index contributed by atoms with van der Waals surface area (Å²) in [5, 5.41) is 13.9. The van der Waals surface area contributed by atoms with Gasteiger partial charge in [-0.1, -0.05) is 66.6 Å². The maximum absolute atomic E-state index is 13.0. The van der Waals surface area contributed by atoms with Gasteiger partial charge in [0.2, 0.25) is 10.0 Å². The Morgan fingerprint density at radius 1 is 0.919 bits per heavy atom. The molecule has 5 N–H and O–H groups in total. The molecule has 3 aromatic carbocycles. The number of nitrogens with zero attached hydrogens (tertiary/aromatic N) is 1. The molecule has 0 fully saturated rings. The minimum Gasteiger partial charge on any atom is -0.480 e. The predicted molar refractivity (Wildman–Crippen MR) is 139 cm³/mol. The monoisotopic (exact) mass is 514 g/mol. The molecule has 186 valence electrons. The highest BCUT2D eigenvalue weighted by atomic mass is 32.2. The highest BCUT2D eigenvalue weighted by Crippen LogP contribution is 2.19. The maximum atomic E-state index is 13.0. The molecule has 0 saturated carbocycles. The number of carboxylic acids is 1. The van der Waals surface area contributed by atoms with E-state index in [1.165, 1.54) is 36.4 Å². The van der Waals surface area contributed by atoms with E-state index in [1.54, 1.807) is 42.5 Å². The first-order valence-corrected chi connectivity index (χ1v) is 12.6. The number of fused-ring (bicyclic) bond motifs is 1. The van der Waals surface area contributed by atoms with Crippen LogP contribution < -0.4 is 15.8 Å². The third-order valence-electron chi connectivity index (χ3n) is 5.36. The van der Waals surface area contributed by atoms with E-state index in [4.69, 9.17) is 5.73 Å². The average molecular weight is 515 g/mol. The number of nitrogen functional groups attached to an aromatic ring is 1. The predicted octanol–water partition coefficient (Wildman–Crippen LogP) is 2.60. The van der Waals surface area contributed by atoms with E-state index in [-0.39, 0.29) is 22.0 Å². The number of carbonyl (C=O) groups is 2. The van der Waals surface area contributed by atoms with E-state index in [9.17, 15) is 23.1 Å². The van der Waals surface area contributed by atoms with Crippen molar-refractivity contribution < 1.29 is 23.1 Å². The van der Waals surface area contributed by atoms with Crippen LogP contribution in [0.2, 0.25) is 0 Å². The molecule has 2 atom stereocenters. The highest BCUT2D eigenvalue weighted by molar-refractivity contribution is 7.89. The topological polar surface area (TPSA) is 151 Å². The number of pyridine rings is 1. The first-order valence-electron chi connectivity index (χ1n) is 11.1. The van der Waals surface area contributed by atoms with Crippen LogP contribution in [-0.4, -0.2) is 36.6 Å². The fourth-order valence-corrected chi connectivity index (χ4v) is 4.76. The lowest BCUT2D eigenvalue weighted by Crippen LogP contribution is -2.53. The van der Waals surface area contributed by atoms with Gasteiger partial charge in [0, 0.05) is 10.9 Å². The van der Waals surface area contributed by atoms with Gasteiger partial charge in [-0.25, -0.2) is 13.4 Å². The highest BCUT2D eigenvalue weighted by Gasteiger charge is 2.32. The fraction of sp³-hybridized carbons (Fsp3) is 0.0741. The molecule has 0 saturated heterocycles. The van der Waals surface area contributed by atoms with Crippen LogP contribution in [-0.2, 0) is 14.8 Å². The van der Waals surface area contributed by atoms with Crippen molar-refractivity contribution in [3.63, 3.8) is 0 Å². The number of nitrogens with two attached hydrogens (primary N) is 1. The number of sulfonamides is 1. The number of carbonyl (C=O) groups excluding carboxylic acids is 1. The van der Waals surface area contributed by atoms with Crippen LogP contribution in [0.3, 0.4) is 0 Å². The third kappa shape index (κ3) is 6.10. The lowest BCUT2D eigenvalue weighted by molar-refractivity contribution is -0.140. The van der Waals surface area contributed by atoms with Crippen LogP contribution in [0.15, 0.2) is 95.9 Å². The van der Waals surface area contributed by atoms with Crippen LogP contribution in [0.4, 0.5) is 5.82 Å². The van der Waals surface area contributed by atoms with Gasteiger partial charge in [0.15, 0.2) is 5.92 Å². The molecule has 4 aromatic rings. The lowest BCUT2D eigenvalue weighted by atomic mass is 10.1. The quantitative estimate of drug-likeness (QED) is 0.219. The Kier molecular flexibility index (Phi) is 7.48. The molecule has 10 heteroatoms. The molecule has 0 bridgehead atoms. The van der Waals surface area contributed by atoms with Crippen molar-refractivity contribution in [2.45, 2.75) is 11.1 Å². The summed E-state index contributed by atoms with van der Waals surface area (Å²) in [5.74, 6) is 1.68. The number of aromatic nitrogens is 1. The Bertz CT molecular complexity index is 1610. The van der Waals surface area contributed by atoms with E-state index in [2.05, 4.69) is 26.9 Å². The van der Waals surface area contributed by atoms with Crippen LogP contribution in [0.25, 0.3) is 10.8 Å². The summed E-state index contributed by atoms with van der Waals surface area (Å²) in [6.07, 6.45) is -1.62. The first-order chi connectivity index (χ1) is 17.7. The van der Waals surface area contributed by atoms with E-state index < -0.39 is 34.0 Å². The SMILES string of the molecule is Nc1cc2ccccc2c(C#CC(C(=O)O)[C@@H](NC(=O)c2ccccc2)NS(=O)(=O)c2ccccc2)n1. The van der Waals surface area contributed by atoms with Gasteiger partial charge < -0.3 is 16.2 Å². The van der Waals surface area contributed by atoms with Crippen LogP contribution in [0, 0.1) is 17.8 Å². The van der Waals surface area contributed by atoms with Gasteiger partial charge in [-0.3, -0.25) is 9.59 Å². The first kappa shape index (κ1) is 25.4. The molecular formula is C27H22N4O5S. The van der Waals surface area contributed by atoms with E-state index >= 15 is 0 Å². The van der Waals surface area contributed by atoms with Crippen LogP contribution in [0.1, 0.15) is 16.1 Å². The summed E-state index contributed by atoms with van der Waals surface area (Å²) in [6.45, 7) is 0. The molecule has 9 nitrogen and oxygen atoms in total. The number of rotatable bonds is 7. The number of hydrogen-bond acceptors (Lipinski definition) is 6. The van der Waals surface area contributed by atoms with Crippen molar-refractivity contribution in [1.82, 2.24) is 15.0 Å². The van der Waals surface area contributed by atoms with Gasteiger partial charge in [0.1, 0.15) is 17.7 Å². The molecule has 0 aliphatic heterocycles. The van der Waals surface area contributed by atoms with E-state index in [1.807, 2.05) is 12.1 Å². The summed E-state index contributed by atoms with van der Waals surface area (Å²) >= 11 is 0. The largest absolute Gasteiger partial charge is 0.480 e. The van der Waals surface area contributed by atoms with Crippen molar-refractivity contribution in [1.29, 1.82) is 0 Å². The normalized spacial score (nSPS) is 12.6. The molecule has 1 unspecified atom stereocenters. The third-order valence-corrected chi connectivity index (χ3v) is 6.82. The fourth-order valence-electron chi connectivity index (χ4n) is 3.58. The zero-order valence-electron chi connectivity index (χ0n) is 19.3. The molecule has 37 heavy (non-hydrogen) atoms. The number of aliphatic carboxylic acids is 1. The molecule has 1 amide bonds. The molecule has 1 aromatic heterocycles. The van der Waals surface area contributed by atoms with Crippen molar-refractivity contribution in [2.75, 3.05) is 5.73 Å². The van der Waals surface area contributed by atoms with Crippen LogP contribution in [0.5, 0.6) is 0 Å². The summed E-state index contributed by atoms with van der Waals surface area (Å²) in [6, 6.07) is 24.2. The number of carboxylic acid groups (broad SMARTS) is 1. The Balaban J connectivity index is 1.75. The number of amides is 1. The van der Waals surface area contributed by atoms with Crippen molar-refractivity contribution in [3.05, 3.63) is 102 Å². The molecule has 4 rings (SSSR count). The minimum atomic E-state index is -4.22. The van der Waals surface area contributed by atoms with Gasteiger partial charge in [-0.15, -0.1) is 0 Å². The van der Waals surface area contributed by atoms with Gasteiger partial charge in [0.05, 0.1) is 4.90 Å². The average Bonchev–Trinajstić information content (AvgIpc) is 2.89. The molecular weight excluding hydrogens is 492 g/mol. The zero-order chi connectivity index (χ0) is 26.4. The van der Waals surface area contributed by atoms with Crippen molar-refractivity contribution in [3.8, 4) is 11.8 Å². The summed E-state index contributed by atoms with van der Waals surface area (Å²) in [5.41, 5.74) is 6.32. The Morgan fingerprint density at radius 2 is 1.54 bits per heavy atom. The van der Waals surface area contributed by atoms with E-state index in [0.29, 0.717) is 5.39 Å². The van der Waals surface area contributed by atoms with Crippen molar-refractivity contribution in [2.24, 2.45) is 5.92 Å². The molecule has 1 heterocycles. The minimum absolute atomic E-state index is 0.102. The number of nitrogens with one attached hydrogen (secondary N) is 2. The maximum Gasteiger partial charge on any atom is 0.322 e. The lowest BCUT2D eigenvalue weighted by Gasteiger charge is -2.23. The number of benzene rings is 3. The molecule has 0 radical (unpaired) electrons. The van der Waals surface area contributed by atoms with E-state index in [0.717, 1.165) is 5.39 Å². The molecule has 0 aliphatic rings.